The molecule has 0 radical (unpaired) electrons. The fraction of sp³-hybridized carbons (Fsp3) is 0.400. The number of fused-ring (bicyclic) bond motifs is 1. The molecule has 1 N–H and O–H groups in total. The number of hydrogen-bond acceptors (Lipinski definition) is 7. The van der Waals surface area contributed by atoms with E-state index in [0.29, 0.717) is 12.6 Å². The molecule has 0 spiro atoms. The zero-order valence-electron chi connectivity index (χ0n) is 18.5. The summed E-state index contributed by atoms with van der Waals surface area (Å²) in [5, 5.41) is 3.16. The summed E-state index contributed by atoms with van der Waals surface area (Å²) >= 11 is 0. The Morgan fingerprint density at radius 1 is 1.09 bits per heavy atom. The molecule has 1 aliphatic carbocycles. The maximum Gasteiger partial charge on any atom is 0.227 e. The summed E-state index contributed by atoms with van der Waals surface area (Å²) in [6.45, 7) is 3.27. The van der Waals surface area contributed by atoms with Crippen LogP contribution in [0.4, 0.5) is 11.6 Å². The van der Waals surface area contributed by atoms with Gasteiger partial charge >= 0.3 is 0 Å². The van der Waals surface area contributed by atoms with Crippen LogP contribution in [0.15, 0.2) is 48.9 Å². The number of morpholine rings is 1. The van der Waals surface area contributed by atoms with Crippen LogP contribution < -0.4 is 10.1 Å². The van der Waals surface area contributed by atoms with E-state index < -0.39 is 0 Å². The van der Waals surface area contributed by atoms with Gasteiger partial charge in [0.25, 0.3) is 0 Å². The number of rotatable bonds is 6. The Bertz CT molecular complexity index is 1040. The first kappa shape index (κ1) is 20.8. The van der Waals surface area contributed by atoms with Crippen molar-refractivity contribution in [3.05, 3.63) is 71.3 Å². The van der Waals surface area contributed by atoms with E-state index in [2.05, 4.69) is 37.3 Å². The maximum absolute atomic E-state index is 6.06. The van der Waals surface area contributed by atoms with Crippen LogP contribution in [0.25, 0.3) is 0 Å². The van der Waals surface area contributed by atoms with Crippen molar-refractivity contribution in [2.45, 2.75) is 38.3 Å². The molecule has 2 aromatic heterocycles. The second-order valence-electron chi connectivity index (χ2n) is 8.40. The van der Waals surface area contributed by atoms with Crippen molar-refractivity contribution in [1.29, 1.82) is 0 Å². The third kappa shape index (κ3) is 4.74. The van der Waals surface area contributed by atoms with E-state index in [1.807, 2.05) is 12.1 Å². The topological polar surface area (TPSA) is 72.4 Å². The minimum absolute atomic E-state index is 0.0469. The Hall–Kier alpha value is -3.03. The van der Waals surface area contributed by atoms with Crippen LogP contribution in [0, 0.1) is 0 Å². The number of ether oxygens (including phenoxy) is 2. The van der Waals surface area contributed by atoms with Crippen molar-refractivity contribution in [2.24, 2.45) is 0 Å². The van der Waals surface area contributed by atoms with Crippen molar-refractivity contribution in [3.8, 4) is 5.75 Å². The maximum atomic E-state index is 6.06. The van der Waals surface area contributed by atoms with E-state index in [9.17, 15) is 0 Å². The van der Waals surface area contributed by atoms with Crippen LogP contribution in [-0.4, -0.2) is 46.7 Å². The molecule has 0 saturated carbocycles. The minimum Gasteiger partial charge on any atom is -0.496 e. The number of methoxy groups -OCH3 is 1. The van der Waals surface area contributed by atoms with E-state index in [0.717, 1.165) is 36.8 Å². The molecule has 7 heteroatoms. The predicted molar refractivity (Wildman–Crippen MR) is 123 cm³/mol. The molecular weight excluding hydrogens is 402 g/mol. The fourth-order valence-electron chi connectivity index (χ4n) is 4.56. The highest BCUT2D eigenvalue weighted by atomic mass is 16.5. The van der Waals surface area contributed by atoms with Crippen molar-refractivity contribution >= 4 is 11.6 Å². The first-order valence-electron chi connectivity index (χ1n) is 11.3. The fourth-order valence-corrected chi connectivity index (χ4v) is 4.56. The summed E-state index contributed by atoms with van der Waals surface area (Å²) in [7, 11) is 1.77. The molecule has 0 bridgehead atoms. The summed E-state index contributed by atoms with van der Waals surface area (Å²) in [5.41, 5.74) is 6.00. The number of aryl methyl sites for hydroxylation is 2. The van der Waals surface area contributed by atoms with Gasteiger partial charge in [-0.1, -0.05) is 6.07 Å². The van der Waals surface area contributed by atoms with Crippen LogP contribution in [0.5, 0.6) is 5.75 Å². The lowest BCUT2D eigenvalue weighted by molar-refractivity contribution is -0.0351. The van der Waals surface area contributed by atoms with Crippen LogP contribution in [0.1, 0.15) is 41.3 Å². The van der Waals surface area contributed by atoms with Gasteiger partial charge in [-0.15, -0.1) is 0 Å². The van der Waals surface area contributed by atoms with Gasteiger partial charge in [-0.2, -0.15) is 0 Å². The summed E-state index contributed by atoms with van der Waals surface area (Å²) < 4.78 is 11.8. The zero-order valence-corrected chi connectivity index (χ0v) is 18.5. The van der Waals surface area contributed by atoms with Crippen molar-refractivity contribution in [1.82, 2.24) is 19.9 Å². The number of nitrogens with one attached hydrogen (secondary N) is 1. The SMILES string of the molecule is COc1cc2c(cc1CN1CCOC(c3ccc(Nc4ncccn4)cn3)C1)CCCC2. The lowest BCUT2D eigenvalue weighted by atomic mass is 9.90. The van der Waals surface area contributed by atoms with Gasteiger partial charge in [0, 0.05) is 37.6 Å². The van der Waals surface area contributed by atoms with E-state index in [4.69, 9.17) is 9.47 Å². The van der Waals surface area contributed by atoms with E-state index in [-0.39, 0.29) is 6.10 Å². The molecule has 1 saturated heterocycles. The normalized spacial score (nSPS) is 18.7. The molecule has 7 nitrogen and oxygen atoms in total. The van der Waals surface area contributed by atoms with E-state index >= 15 is 0 Å². The standard InChI is InChI=1S/C25H29N5O2/c1-31-23-14-19-6-3-2-5-18(19)13-20(23)16-30-11-12-32-24(17-30)22-8-7-21(15-28-22)29-25-26-9-4-10-27-25/h4,7-10,13-15,24H,2-3,5-6,11-12,16-17H2,1H3,(H,26,27,29). The summed E-state index contributed by atoms with van der Waals surface area (Å²) in [6, 6.07) is 10.4. The highest BCUT2D eigenvalue weighted by molar-refractivity contribution is 5.51. The number of nitrogens with zero attached hydrogens (tertiary/aromatic N) is 4. The van der Waals surface area contributed by atoms with Gasteiger partial charge in [0.1, 0.15) is 11.9 Å². The highest BCUT2D eigenvalue weighted by Crippen LogP contribution is 2.31. The number of hydrogen-bond donors (Lipinski definition) is 1. The smallest absolute Gasteiger partial charge is 0.227 e. The third-order valence-electron chi connectivity index (χ3n) is 6.23. The number of aromatic nitrogens is 3. The molecule has 1 unspecified atom stereocenters. The van der Waals surface area contributed by atoms with Gasteiger partial charge in [-0.05, 0) is 61.1 Å². The molecule has 3 heterocycles. The summed E-state index contributed by atoms with van der Waals surface area (Å²) in [4.78, 5) is 15.4. The Morgan fingerprint density at radius 3 is 2.66 bits per heavy atom. The minimum atomic E-state index is -0.0469. The largest absolute Gasteiger partial charge is 0.496 e. The highest BCUT2D eigenvalue weighted by Gasteiger charge is 2.24. The van der Waals surface area contributed by atoms with Crippen LogP contribution in [0.3, 0.4) is 0 Å². The van der Waals surface area contributed by atoms with Crippen molar-refractivity contribution in [3.63, 3.8) is 0 Å². The molecule has 2 aliphatic rings. The molecule has 5 rings (SSSR count). The van der Waals surface area contributed by atoms with E-state index in [1.165, 1.54) is 42.4 Å². The summed E-state index contributed by atoms with van der Waals surface area (Å²) in [5.74, 6) is 1.56. The average Bonchev–Trinajstić information content (AvgIpc) is 2.85. The molecule has 3 aromatic rings. The van der Waals surface area contributed by atoms with Crippen LogP contribution in [0.2, 0.25) is 0 Å². The predicted octanol–water partition coefficient (Wildman–Crippen LogP) is 4.08. The van der Waals surface area contributed by atoms with E-state index in [1.54, 1.807) is 31.8 Å². The zero-order chi connectivity index (χ0) is 21.8. The first-order valence-corrected chi connectivity index (χ1v) is 11.3. The van der Waals surface area contributed by atoms with Crippen LogP contribution in [-0.2, 0) is 24.1 Å². The first-order chi connectivity index (χ1) is 15.8. The van der Waals surface area contributed by atoms with Gasteiger partial charge in [0.05, 0.1) is 31.3 Å². The Balaban J connectivity index is 1.26. The molecular formula is C25H29N5O2. The lowest BCUT2D eigenvalue weighted by Gasteiger charge is -2.33. The van der Waals surface area contributed by atoms with Gasteiger partial charge in [0.2, 0.25) is 5.95 Å². The second-order valence-corrected chi connectivity index (χ2v) is 8.40. The second kappa shape index (κ2) is 9.63. The third-order valence-corrected chi connectivity index (χ3v) is 6.23. The lowest BCUT2D eigenvalue weighted by Crippen LogP contribution is -2.38. The Kier molecular flexibility index (Phi) is 6.27. The number of benzene rings is 1. The molecule has 0 amide bonds. The quantitative estimate of drug-likeness (QED) is 0.631. The molecule has 1 fully saturated rings. The van der Waals surface area contributed by atoms with Gasteiger partial charge < -0.3 is 14.8 Å². The van der Waals surface area contributed by atoms with Gasteiger partial charge in [-0.25, -0.2) is 9.97 Å². The molecule has 1 aliphatic heterocycles. The number of anilines is 2. The Morgan fingerprint density at radius 2 is 1.91 bits per heavy atom. The molecule has 166 valence electrons. The summed E-state index contributed by atoms with van der Waals surface area (Å²) in [6.07, 6.45) is 10.1. The molecule has 1 atom stereocenters. The van der Waals surface area contributed by atoms with Crippen LogP contribution >= 0.6 is 0 Å². The van der Waals surface area contributed by atoms with Gasteiger partial charge in [0.15, 0.2) is 0 Å². The Labute approximate surface area is 188 Å². The molecule has 32 heavy (non-hydrogen) atoms. The average molecular weight is 432 g/mol. The number of pyridine rings is 1. The van der Waals surface area contributed by atoms with Crippen molar-refractivity contribution in [2.75, 3.05) is 32.1 Å². The molecule has 1 aromatic carbocycles. The monoisotopic (exact) mass is 431 g/mol. The van der Waals surface area contributed by atoms with Crippen molar-refractivity contribution < 1.29 is 9.47 Å². The van der Waals surface area contributed by atoms with Gasteiger partial charge in [-0.3, -0.25) is 9.88 Å².